The van der Waals surface area contributed by atoms with Crippen molar-refractivity contribution in [2.45, 2.75) is 20.1 Å². The third kappa shape index (κ3) is 2.48. The fraction of sp³-hybridized carbons (Fsp3) is 0.200. The lowest BCUT2D eigenvalue weighted by Crippen LogP contribution is -2.01. The van der Waals surface area contributed by atoms with Gasteiger partial charge in [-0.25, -0.2) is 4.52 Å². The Kier molecular flexibility index (Phi) is 3.35. The summed E-state index contributed by atoms with van der Waals surface area (Å²) < 4.78 is 1.77. The summed E-state index contributed by atoms with van der Waals surface area (Å²) in [6, 6.07) is 11.8. The maximum absolute atomic E-state index is 9.12. The number of aryl methyl sites for hydroxylation is 1. The predicted octanol–water partition coefficient (Wildman–Crippen LogP) is 2.14. The first kappa shape index (κ1) is 12.6. The van der Waals surface area contributed by atoms with Gasteiger partial charge in [0.15, 0.2) is 5.65 Å². The number of aliphatic hydroxyl groups is 1. The molecular weight excluding hydrogens is 252 g/mol. The van der Waals surface area contributed by atoms with E-state index in [1.807, 2.05) is 49.5 Å². The molecule has 102 valence electrons. The molecule has 3 aromatic rings. The first-order valence-electron chi connectivity index (χ1n) is 6.51. The highest BCUT2D eigenvalue weighted by Gasteiger charge is 2.05. The monoisotopic (exact) mass is 268 g/mol. The number of nitrogens with zero attached hydrogens (tertiary/aromatic N) is 3. The van der Waals surface area contributed by atoms with E-state index < -0.39 is 0 Å². The van der Waals surface area contributed by atoms with Gasteiger partial charge in [-0.2, -0.15) is 4.98 Å². The summed E-state index contributed by atoms with van der Waals surface area (Å²) in [6.45, 7) is 2.70. The van der Waals surface area contributed by atoms with Crippen molar-refractivity contribution in [2.75, 3.05) is 5.32 Å². The topological polar surface area (TPSA) is 62.5 Å². The van der Waals surface area contributed by atoms with E-state index in [-0.39, 0.29) is 6.61 Å². The molecule has 2 N–H and O–H groups in total. The van der Waals surface area contributed by atoms with Gasteiger partial charge in [-0.1, -0.05) is 30.3 Å². The number of aromatic nitrogens is 3. The lowest BCUT2D eigenvalue weighted by molar-refractivity contribution is 0.281. The Bertz CT molecular complexity index is 736. The molecule has 0 saturated carbocycles. The van der Waals surface area contributed by atoms with Gasteiger partial charge in [-0.3, -0.25) is 0 Å². The molecule has 0 aliphatic rings. The molecule has 2 heterocycles. The van der Waals surface area contributed by atoms with Crippen LogP contribution in [0.15, 0.2) is 42.6 Å². The highest BCUT2D eigenvalue weighted by atomic mass is 16.3. The molecule has 0 radical (unpaired) electrons. The smallest absolute Gasteiger partial charge is 0.243 e. The van der Waals surface area contributed by atoms with Crippen LogP contribution in [0.25, 0.3) is 5.65 Å². The average Bonchev–Trinajstić information content (AvgIpc) is 2.90. The molecule has 0 aliphatic carbocycles. The van der Waals surface area contributed by atoms with E-state index in [1.54, 1.807) is 4.52 Å². The Labute approximate surface area is 116 Å². The van der Waals surface area contributed by atoms with Crippen LogP contribution in [0.5, 0.6) is 0 Å². The van der Waals surface area contributed by atoms with Crippen LogP contribution >= 0.6 is 0 Å². The van der Waals surface area contributed by atoms with Crippen molar-refractivity contribution >= 4 is 11.6 Å². The van der Waals surface area contributed by atoms with Crippen molar-refractivity contribution < 1.29 is 5.11 Å². The van der Waals surface area contributed by atoms with Crippen LogP contribution in [-0.4, -0.2) is 19.7 Å². The number of aliphatic hydroxyl groups excluding tert-OH is 1. The zero-order valence-corrected chi connectivity index (χ0v) is 11.2. The zero-order chi connectivity index (χ0) is 13.9. The Hall–Kier alpha value is -2.40. The molecule has 3 rings (SSSR count). The normalized spacial score (nSPS) is 10.9. The summed E-state index contributed by atoms with van der Waals surface area (Å²) >= 11 is 0. The molecule has 0 bridgehead atoms. The fourth-order valence-corrected chi connectivity index (χ4v) is 2.13. The Morgan fingerprint density at radius 3 is 2.85 bits per heavy atom. The number of pyridine rings is 1. The molecule has 5 heteroatoms. The molecule has 0 spiro atoms. The Morgan fingerprint density at radius 2 is 2.05 bits per heavy atom. The second kappa shape index (κ2) is 5.30. The molecule has 0 aliphatic heterocycles. The second-order valence-electron chi connectivity index (χ2n) is 4.73. The van der Waals surface area contributed by atoms with Gasteiger partial charge < -0.3 is 10.4 Å². The van der Waals surface area contributed by atoms with Crippen LogP contribution in [0.1, 0.15) is 16.7 Å². The van der Waals surface area contributed by atoms with Gasteiger partial charge >= 0.3 is 0 Å². The fourth-order valence-electron chi connectivity index (χ4n) is 2.13. The van der Waals surface area contributed by atoms with Crippen molar-refractivity contribution in [2.24, 2.45) is 0 Å². The minimum atomic E-state index is 0.0552. The van der Waals surface area contributed by atoms with Gasteiger partial charge in [0, 0.05) is 12.7 Å². The van der Waals surface area contributed by atoms with Crippen LogP contribution in [0.4, 0.5) is 5.95 Å². The molecule has 20 heavy (non-hydrogen) atoms. The Balaban J connectivity index is 1.78. The molecule has 1 aromatic carbocycles. The molecule has 0 saturated heterocycles. The molecule has 0 unspecified atom stereocenters. The summed E-state index contributed by atoms with van der Waals surface area (Å²) in [5, 5.41) is 16.7. The van der Waals surface area contributed by atoms with Crippen LogP contribution in [-0.2, 0) is 13.2 Å². The van der Waals surface area contributed by atoms with Crippen molar-refractivity contribution in [3.8, 4) is 0 Å². The largest absolute Gasteiger partial charge is 0.392 e. The van der Waals surface area contributed by atoms with Crippen molar-refractivity contribution in [1.82, 2.24) is 14.6 Å². The maximum Gasteiger partial charge on any atom is 0.243 e. The highest BCUT2D eigenvalue weighted by molar-refractivity contribution is 5.49. The summed E-state index contributed by atoms with van der Waals surface area (Å²) in [5.74, 6) is 0.605. The molecule has 2 aromatic heterocycles. The van der Waals surface area contributed by atoms with E-state index >= 15 is 0 Å². The van der Waals surface area contributed by atoms with E-state index in [1.165, 1.54) is 0 Å². The number of rotatable bonds is 4. The van der Waals surface area contributed by atoms with Crippen LogP contribution < -0.4 is 5.32 Å². The number of hydrogen-bond donors (Lipinski definition) is 2. The quantitative estimate of drug-likeness (QED) is 0.761. The number of hydrogen-bond acceptors (Lipinski definition) is 4. The van der Waals surface area contributed by atoms with E-state index in [4.69, 9.17) is 5.11 Å². The van der Waals surface area contributed by atoms with Gasteiger partial charge in [0.25, 0.3) is 0 Å². The van der Waals surface area contributed by atoms with Gasteiger partial charge in [0.1, 0.15) is 0 Å². The highest BCUT2D eigenvalue weighted by Crippen LogP contribution is 2.11. The van der Waals surface area contributed by atoms with E-state index in [0.29, 0.717) is 12.5 Å². The van der Waals surface area contributed by atoms with Crippen molar-refractivity contribution in [3.63, 3.8) is 0 Å². The van der Waals surface area contributed by atoms with Gasteiger partial charge in [0.2, 0.25) is 5.95 Å². The van der Waals surface area contributed by atoms with Crippen LogP contribution in [0, 0.1) is 6.92 Å². The standard InChI is InChI=1S/C15H16N4O/c1-11-4-3-7-19-14(11)17-15(18-19)16-9-12-5-2-6-13(8-12)10-20/h2-8,20H,9-10H2,1H3,(H,16,18). The maximum atomic E-state index is 9.12. The minimum Gasteiger partial charge on any atom is -0.392 e. The minimum absolute atomic E-state index is 0.0552. The molecule has 5 nitrogen and oxygen atoms in total. The molecule has 0 amide bonds. The number of anilines is 1. The molecule has 0 atom stereocenters. The van der Waals surface area contributed by atoms with E-state index in [9.17, 15) is 0 Å². The molecular formula is C15H16N4O. The molecule has 0 fully saturated rings. The number of benzene rings is 1. The third-order valence-corrected chi connectivity index (χ3v) is 3.18. The average molecular weight is 268 g/mol. The lowest BCUT2D eigenvalue weighted by atomic mass is 10.1. The number of fused-ring (bicyclic) bond motifs is 1. The summed E-state index contributed by atoms with van der Waals surface area (Å²) in [4.78, 5) is 4.46. The van der Waals surface area contributed by atoms with Gasteiger partial charge in [-0.15, -0.1) is 5.10 Å². The van der Waals surface area contributed by atoms with Crippen LogP contribution in [0.3, 0.4) is 0 Å². The SMILES string of the molecule is Cc1cccn2nc(NCc3cccc(CO)c3)nc12. The number of nitrogens with one attached hydrogen (secondary N) is 1. The summed E-state index contributed by atoms with van der Waals surface area (Å²) in [7, 11) is 0. The second-order valence-corrected chi connectivity index (χ2v) is 4.73. The summed E-state index contributed by atoms with van der Waals surface area (Å²) in [6.07, 6.45) is 1.88. The first-order valence-corrected chi connectivity index (χ1v) is 6.51. The van der Waals surface area contributed by atoms with Crippen LogP contribution in [0.2, 0.25) is 0 Å². The van der Waals surface area contributed by atoms with E-state index in [0.717, 1.165) is 22.3 Å². The third-order valence-electron chi connectivity index (χ3n) is 3.18. The zero-order valence-electron chi connectivity index (χ0n) is 11.2. The summed E-state index contributed by atoms with van der Waals surface area (Å²) in [5.41, 5.74) is 3.95. The van der Waals surface area contributed by atoms with E-state index in [2.05, 4.69) is 15.4 Å². The first-order chi connectivity index (χ1) is 9.76. The predicted molar refractivity (Wildman–Crippen MR) is 77.4 cm³/mol. The van der Waals surface area contributed by atoms with Gasteiger partial charge in [-0.05, 0) is 29.7 Å². The Morgan fingerprint density at radius 1 is 1.20 bits per heavy atom. The van der Waals surface area contributed by atoms with Gasteiger partial charge in [0.05, 0.1) is 6.61 Å². The van der Waals surface area contributed by atoms with Crippen molar-refractivity contribution in [1.29, 1.82) is 0 Å². The lowest BCUT2D eigenvalue weighted by Gasteiger charge is -2.03. The van der Waals surface area contributed by atoms with Crippen molar-refractivity contribution in [3.05, 3.63) is 59.3 Å².